The number of cyclic esters (lactones) is 1. The quantitative estimate of drug-likeness (QED) is 0.389. The summed E-state index contributed by atoms with van der Waals surface area (Å²) in [5.74, 6) is 0.670. The first-order chi connectivity index (χ1) is 5.81. The summed E-state index contributed by atoms with van der Waals surface area (Å²) in [6.07, 6.45) is 7.26. The van der Waals surface area contributed by atoms with Crippen molar-refractivity contribution in [2.24, 2.45) is 0 Å². The molecule has 0 fully saturated rings. The lowest BCUT2D eigenvalue weighted by molar-refractivity contribution is -0.135. The van der Waals surface area contributed by atoms with E-state index in [1.807, 2.05) is 0 Å². The third kappa shape index (κ3) is 7.61. The van der Waals surface area contributed by atoms with Crippen LogP contribution in [0.5, 0.6) is 0 Å². The van der Waals surface area contributed by atoms with Gasteiger partial charge in [-0.05, 0) is 12.5 Å². The predicted molar refractivity (Wildman–Crippen MR) is 50.1 cm³/mol. The Hall–Kier alpha value is -0.500. The molecule has 0 aliphatic carbocycles. The molecule has 1 rings (SSSR count). The summed E-state index contributed by atoms with van der Waals surface area (Å²) in [6.45, 7) is 2.17. The summed E-state index contributed by atoms with van der Waals surface area (Å²) >= 11 is 5.38. The van der Waals surface area contributed by atoms with Crippen molar-refractivity contribution in [2.75, 3.05) is 5.88 Å². The van der Waals surface area contributed by atoms with Crippen LogP contribution in [0.3, 0.4) is 0 Å². The van der Waals surface area contributed by atoms with Crippen LogP contribution in [0, 0.1) is 0 Å². The van der Waals surface area contributed by atoms with Gasteiger partial charge >= 0.3 is 5.97 Å². The fourth-order valence-corrected chi connectivity index (χ4v) is 0.850. The van der Waals surface area contributed by atoms with Crippen LogP contribution < -0.4 is 0 Å². The minimum Gasteiger partial charge on any atom is -0.435 e. The Bertz CT molecular complexity index is 129. The van der Waals surface area contributed by atoms with E-state index in [4.69, 9.17) is 11.6 Å². The van der Waals surface area contributed by atoms with Crippen LogP contribution in [0.4, 0.5) is 0 Å². The summed E-state index contributed by atoms with van der Waals surface area (Å²) in [5, 5.41) is 0. The molecule has 70 valence electrons. The van der Waals surface area contributed by atoms with Gasteiger partial charge in [-0.15, -0.1) is 11.6 Å². The number of carbonyl (C=O) groups excluding carboxylic acids is 1. The van der Waals surface area contributed by atoms with Crippen LogP contribution in [0.25, 0.3) is 0 Å². The number of carbonyl (C=O) groups is 1. The molecule has 0 aromatic rings. The predicted octanol–water partition coefficient (Wildman–Crippen LogP) is 2.86. The summed E-state index contributed by atoms with van der Waals surface area (Å²) in [5.41, 5.74) is 0. The van der Waals surface area contributed by atoms with Crippen molar-refractivity contribution in [3.63, 3.8) is 0 Å². The molecule has 12 heavy (non-hydrogen) atoms. The van der Waals surface area contributed by atoms with Gasteiger partial charge in [0.1, 0.15) is 0 Å². The number of ether oxygens (including phenoxy) is 1. The highest BCUT2D eigenvalue weighted by atomic mass is 35.5. The Balaban J connectivity index is 0.000000202. The standard InChI is InChI=1S/C5H11Cl.C4H4O2/c1-2-3-4-5-6;5-4-2-1-3-6-4/h2-5H2,1H3;1,3H,2H2. The molecular formula is C9H15ClO2. The molecule has 1 aliphatic rings. The summed E-state index contributed by atoms with van der Waals surface area (Å²) < 4.78 is 4.33. The molecule has 0 spiro atoms. The third-order valence-corrected chi connectivity index (χ3v) is 1.58. The van der Waals surface area contributed by atoms with E-state index >= 15 is 0 Å². The van der Waals surface area contributed by atoms with Gasteiger partial charge in [0.05, 0.1) is 12.7 Å². The van der Waals surface area contributed by atoms with E-state index in [2.05, 4.69) is 11.7 Å². The minimum atomic E-state index is -0.157. The second kappa shape index (κ2) is 8.60. The normalized spacial score (nSPS) is 13.7. The van der Waals surface area contributed by atoms with Gasteiger partial charge in [-0.3, -0.25) is 4.79 Å². The zero-order valence-corrected chi connectivity index (χ0v) is 8.14. The summed E-state index contributed by atoms with van der Waals surface area (Å²) in [6, 6.07) is 0. The molecule has 1 aliphatic heterocycles. The van der Waals surface area contributed by atoms with Gasteiger partial charge in [-0.25, -0.2) is 0 Å². The van der Waals surface area contributed by atoms with E-state index in [0.717, 1.165) is 5.88 Å². The number of hydrogen-bond acceptors (Lipinski definition) is 2. The molecule has 0 saturated carbocycles. The van der Waals surface area contributed by atoms with Crippen molar-refractivity contribution >= 4 is 17.6 Å². The average molecular weight is 191 g/mol. The molecule has 2 nitrogen and oxygen atoms in total. The van der Waals surface area contributed by atoms with Crippen LogP contribution in [0.15, 0.2) is 12.3 Å². The maximum absolute atomic E-state index is 9.96. The van der Waals surface area contributed by atoms with Gasteiger partial charge in [0, 0.05) is 5.88 Å². The van der Waals surface area contributed by atoms with E-state index in [1.165, 1.54) is 25.5 Å². The SMILES string of the molecule is CCCCCCl.O=C1CC=CO1. The highest BCUT2D eigenvalue weighted by Gasteiger charge is 2.00. The van der Waals surface area contributed by atoms with E-state index in [-0.39, 0.29) is 5.97 Å². The molecule has 3 heteroatoms. The molecular weight excluding hydrogens is 176 g/mol. The Morgan fingerprint density at radius 1 is 1.58 bits per heavy atom. The first-order valence-corrected chi connectivity index (χ1v) is 4.75. The molecule has 0 unspecified atom stereocenters. The van der Waals surface area contributed by atoms with Crippen LogP contribution in [0.2, 0.25) is 0 Å². The van der Waals surface area contributed by atoms with Gasteiger partial charge in [-0.1, -0.05) is 19.8 Å². The average Bonchev–Trinajstić information content (AvgIpc) is 2.53. The Morgan fingerprint density at radius 2 is 2.33 bits per heavy atom. The lowest BCUT2D eigenvalue weighted by Crippen LogP contribution is -1.87. The van der Waals surface area contributed by atoms with Crippen molar-refractivity contribution in [3.05, 3.63) is 12.3 Å². The van der Waals surface area contributed by atoms with Crippen LogP contribution in [-0.2, 0) is 9.53 Å². The van der Waals surface area contributed by atoms with Gasteiger partial charge in [0.25, 0.3) is 0 Å². The Kier molecular flexibility index (Phi) is 8.24. The van der Waals surface area contributed by atoms with Gasteiger partial charge in [0.2, 0.25) is 0 Å². The van der Waals surface area contributed by atoms with Crippen LogP contribution >= 0.6 is 11.6 Å². The van der Waals surface area contributed by atoms with Crippen molar-refractivity contribution in [2.45, 2.75) is 32.6 Å². The molecule has 0 radical (unpaired) electrons. The third-order valence-electron chi connectivity index (χ3n) is 1.32. The van der Waals surface area contributed by atoms with Gasteiger partial charge in [-0.2, -0.15) is 0 Å². The van der Waals surface area contributed by atoms with E-state index in [1.54, 1.807) is 6.08 Å². The molecule has 0 saturated heterocycles. The number of hydrogen-bond donors (Lipinski definition) is 0. The number of alkyl halides is 1. The number of halogens is 1. The van der Waals surface area contributed by atoms with Gasteiger partial charge in [0.15, 0.2) is 0 Å². The molecule has 0 bridgehead atoms. The van der Waals surface area contributed by atoms with Crippen molar-refractivity contribution in [1.29, 1.82) is 0 Å². The summed E-state index contributed by atoms with van der Waals surface area (Å²) in [4.78, 5) is 9.96. The molecule has 1 heterocycles. The Morgan fingerprint density at radius 3 is 2.50 bits per heavy atom. The number of esters is 1. The zero-order valence-electron chi connectivity index (χ0n) is 7.38. The summed E-state index contributed by atoms with van der Waals surface area (Å²) in [7, 11) is 0. The molecule has 0 atom stereocenters. The molecule has 0 aromatic heterocycles. The maximum atomic E-state index is 9.96. The fraction of sp³-hybridized carbons (Fsp3) is 0.667. The second-order valence-electron chi connectivity index (χ2n) is 2.46. The van der Waals surface area contributed by atoms with Gasteiger partial charge < -0.3 is 4.74 Å². The van der Waals surface area contributed by atoms with E-state index < -0.39 is 0 Å². The second-order valence-corrected chi connectivity index (χ2v) is 2.84. The van der Waals surface area contributed by atoms with E-state index in [0.29, 0.717) is 6.42 Å². The zero-order chi connectivity index (χ0) is 9.23. The molecule has 0 N–H and O–H groups in total. The van der Waals surface area contributed by atoms with Crippen molar-refractivity contribution in [3.8, 4) is 0 Å². The van der Waals surface area contributed by atoms with Crippen molar-refractivity contribution < 1.29 is 9.53 Å². The monoisotopic (exact) mass is 190 g/mol. The topological polar surface area (TPSA) is 26.3 Å². The lowest BCUT2D eigenvalue weighted by atomic mass is 10.3. The number of unbranched alkanes of at least 4 members (excludes halogenated alkanes) is 2. The minimum absolute atomic E-state index is 0.157. The molecule has 0 aromatic carbocycles. The molecule has 0 amide bonds. The number of rotatable bonds is 3. The van der Waals surface area contributed by atoms with E-state index in [9.17, 15) is 4.79 Å². The smallest absolute Gasteiger partial charge is 0.314 e. The van der Waals surface area contributed by atoms with Crippen LogP contribution in [0.1, 0.15) is 32.6 Å². The Labute approximate surface area is 78.5 Å². The maximum Gasteiger partial charge on any atom is 0.314 e. The fourth-order valence-electron chi connectivity index (χ4n) is 0.661. The lowest BCUT2D eigenvalue weighted by Gasteiger charge is -1.84. The highest BCUT2D eigenvalue weighted by Crippen LogP contribution is 1.96. The first kappa shape index (κ1) is 11.5. The van der Waals surface area contributed by atoms with Crippen LogP contribution in [-0.4, -0.2) is 11.8 Å². The van der Waals surface area contributed by atoms with Crippen molar-refractivity contribution in [1.82, 2.24) is 0 Å². The highest BCUT2D eigenvalue weighted by molar-refractivity contribution is 6.17. The first-order valence-electron chi connectivity index (χ1n) is 4.21. The largest absolute Gasteiger partial charge is 0.435 e.